The van der Waals surface area contributed by atoms with E-state index in [-0.39, 0.29) is 0 Å². The van der Waals surface area contributed by atoms with E-state index in [1.165, 1.54) is 32.2 Å². The lowest BCUT2D eigenvalue weighted by Crippen LogP contribution is -2.37. The molecule has 2 atom stereocenters. The molecule has 0 heterocycles. The molecule has 0 spiro atoms. The van der Waals surface area contributed by atoms with Crippen molar-refractivity contribution in [3.05, 3.63) is 12.7 Å². The largest absolute Gasteiger partial charge is 0.314 e. The molecule has 1 nitrogen and oxygen atoms in total. The summed E-state index contributed by atoms with van der Waals surface area (Å²) in [5, 5.41) is 3.60. The number of hydrogen-bond donors (Lipinski definition) is 1. The first-order chi connectivity index (χ1) is 7.44. The SMILES string of the molecule is C=CCC1CC(C)(C)CCC1CNC(C)C. The van der Waals surface area contributed by atoms with Gasteiger partial charge >= 0.3 is 0 Å². The zero-order valence-corrected chi connectivity index (χ0v) is 11.6. The molecular formula is C15H29N. The van der Waals surface area contributed by atoms with Crippen LogP contribution < -0.4 is 5.32 Å². The third kappa shape index (κ3) is 4.29. The highest BCUT2D eigenvalue weighted by molar-refractivity contribution is 4.89. The summed E-state index contributed by atoms with van der Waals surface area (Å²) in [5.41, 5.74) is 0.544. The normalized spacial score (nSPS) is 29.3. The van der Waals surface area contributed by atoms with Crippen molar-refractivity contribution in [2.75, 3.05) is 6.54 Å². The summed E-state index contributed by atoms with van der Waals surface area (Å²) in [6, 6.07) is 0.610. The van der Waals surface area contributed by atoms with Gasteiger partial charge < -0.3 is 5.32 Å². The number of rotatable bonds is 5. The van der Waals surface area contributed by atoms with Gasteiger partial charge in [-0.3, -0.25) is 0 Å². The molecule has 1 saturated carbocycles. The zero-order valence-electron chi connectivity index (χ0n) is 11.6. The van der Waals surface area contributed by atoms with Crippen LogP contribution in [0.25, 0.3) is 0 Å². The monoisotopic (exact) mass is 223 g/mol. The van der Waals surface area contributed by atoms with Crippen molar-refractivity contribution < 1.29 is 0 Å². The van der Waals surface area contributed by atoms with Gasteiger partial charge in [-0.15, -0.1) is 6.58 Å². The third-order valence-electron chi connectivity index (χ3n) is 3.93. The second-order valence-electron chi connectivity index (χ2n) is 6.51. The van der Waals surface area contributed by atoms with Crippen LogP contribution in [0.2, 0.25) is 0 Å². The van der Waals surface area contributed by atoms with E-state index in [1.54, 1.807) is 0 Å². The van der Waals surface area contributed by atoms with Gasteiger partial charge in [0.1, 0.15) is 0 Å². The van der Waals surface area contributed by atoms with Gasteiger partial charge in [0.25, 0.3) is 0 Å². The highest BCUT2D eigenvalue weighted by Crippen LogP contribution is 2.43. The lowest BCUT2D eigenvalue weighted by molar-refractivity contribution is 0.116. The minimum Gasteiger partial charge on any atom is -0.314 e. The molecule has 1 aliphatic rings. The molecule has 94 valence electrons. The maximum atomic E-state index is 3.91. The van der Waals surface area contributed by atoms with E-state index in [2.05, 4.69) is 45.7 Å². The van der Waals surface area contributed by atoms with Crippen molar-refractivity contribution in [2.45, 2.75) is 59.4 Å². The first-order valence-corrected chi connectivity index (χ1v) is 6.79. The van der Waals surface area contributed by atoms with Gasteiger partial charge in [-0.2, -0.15) is 0 Å². The Labute approximate surface area is 102 Å². The van der Waals surface area contributed by atoms with Crippen molar-refractivity contribution in [2.24, 2.45) is 17.3 Å². The molecule has 0 radical (unpaired) electrons. The Bertz CT molecular complexity index is 215. The molecule has 1 heteroatoms. The summed E-state index contributed by atoms with van der Waals surface area (Å²) in [5.74, 6) is 1.70. The molecule has 1 N–H and O–H groups in total. The van der Waals surface area contributed by atoms with Crippen molar-refractivity contribution >= 4 is 0 Å². The minimum absolute atomic E-state index is 0.544. The Hall–Kier alpha value is -0.300. The molecule has 0 saturated heterocycles. The van der Waals surface area contributed by atoms with Crippen molar-refractivity contribution in [3.63, 3.8) is 0 Å². The Morgan fingerprint density at radius 2 is 2.06 bits per heavy atom. The molecular weight excluding hydrogens is 194 g/mol. The first-order valence-electron chi connectivity index (χ1n) is 6.79. The van der Waals surface area contributed by atoms with Crippen LogP contribution in [-0.2, 0) is 0 Å². The van der Waals surface area contributed by atoms with Gasteiger partial charge in [-0.1, -0.05) is 33.8 Å². The van der Waals surface area contributed by atoms with Crippen LogP contribution in [0, 0.1) is 17.3 Å². The van der Waals surface area contributed by atoms with Gasteiger partial charge in [-0.05, 0) is 49.5 Å². The fraction of sp³-hybridized carbons (Fsp3) is 0.867. The van der Waals surface area contributed by atoms with Crippen molar-refractivity contribution in [3.8, 4) is 0 Å². The molecule has 0 aliphatic heterocycles. The maximum Gasteiger partial charge on any atom is 0.00104 e. The fourth-order valence-corrected chi connectivity index (χ4v) is 2.94. The smallest absolute Gasteiger partial charge is 0.00104 e. The Morgan fingerprint density at radius 3 is 2.62 bits per heavy atom. The van der Waals surface area contributed by atoms with E-state index < -0.39 is 0 Å². The molecule has 1 aliphatic carbocycles. The molecule has 0 amide bonds. The molecule has 1 fully saturated rings. The third-order valence-corrected chi connectivity index (χ3v) is 3.93. The van der Waals surface area contributed by atoms with Crippen LogP contribution in [-0.4, -0.2) is 12.6 Å². The molecule has 0 aromatic carbocycles. The lowest BCUT2D eigenvalue weighted by Gasteiger charge is -2.41. The van der Waals surface area contributed by atoms with E-state index in [0.29, 0.717) is 11.5 Å². The molecule has 0 aromatic rings. The van der Waals surface area contributed by atoms with E-state index in [1.807, 2.05) is 0 Å². The Morgan fingerprint density at radius 1 is 1.38 bits per heavy atom. The zero-order chi connectivity index (χ0) is 12.2. The average Bonchev–Trinajstić information content (AvgIpc) is 2.15. The number of allylic oxidation sites excluding steroid dienone is 1. The van der Waals surface area contributed by atoms with Gasteiger partial charge in [0.2, 0.25) is 0 Å². The van der Waals surface area contributed by atoms with Crippen LogP contribution in [0.15, 0.2) is 12.7 Å². The molecule has 0 bridgehead atoms. The predicted octanol–water partition coefficient (Wildman–Crippen LogP) is 4.00. The summed E-state index contributed by atoms with van der Waals surface area (Å²) in [4.78, 5) is 0. The standard InChI is InChI=1S/C15H29N/c1-6-7-13-10-15(4,5)9-8-14(13)11-16-12(2)3/h6,12-14,16H,1,7-11H2,2-5H3. The molecule has 2 unspecified atom stereocenters. The average molecular weight is 223 g/mol. The first kappa shape index (κ1) is 13.8. The summed E-state index contributed by atoms with van der Waals surface area (Å²) in [7, 11) is 0. The van der Waals surface area contributed by atoms with Gasteiger partial charge in [0, 0.05) is 6.04 Å². The van der Waals surface area contributed by atoms with Gasteiger partial charge in [0.15, 0.2) is 0 Å². The Balaban J connectivity index is 2.51. The fourth-order valence-electron chi connectivity index (χ4n) is 2.94. The quantitative estimate of drug-likeness (QED) is 0.695. The second kappa shape index (κ2) is 5.86. The Kier molecular flexibility index (Phi) is 5.04. The highest BCUT2D eigenvalue weighted by Gasteiger charge is 2.33. The highest BCUT2D eigenvalue weighted by atomic mass is 14.9. The summed E-state index contributed by atoms with van der Waals surface area (Å²) >= 11 is 0. The van der Waals surface area contributed by atoms with E-state index >= 15 is 0 Å². The molecule has 1 rings (SSSR count). The summed E-state index contributed by atoms with van der Waals surface area (Å²) < 4.78 is 0. The van der Waals surface area contributed by atoms with Crippen molar-refractivity contribution in [1.82, 2.24) is 5.32 Å². The molecule has 0 aromatic heterocycles. The summed E-state index contributed by atoms with van der Waals surface area (Å²) in [6.45, 7) is 14.4. The second-order valence-corrected chi connectivity index (χ2v) is 6.51. The summed E-state index contributed by atoms with van der Waals surface area (Å²) in [6.07, 6.45) is 7.42. The number of nitrogens with one attached hydrogen (secondary N) is 1. The maximum absolute atomic E-state index is 3.91. The van der Waals surface area contributed by atoms with E-state index in [4.69, 9.17) is 0 Å². The minimum atomic E-state index is 0.544. The van der Waals surface area contributed by atoms with Crippen LogP contribution in [0.1, 0.15) is 53.4 Å². The van der Waals surface area contributed by atoms with Gasteiger partial charge in [-0.25, -0.2) is 0 Å². The molecule has 16 heavy (non-hydrogen) atoms. The van der Waals surface area contributed by atoms with E-state index in [9.17, 15) is 0 Å². The van der Waals surface area contributed by atoms with E-state index in [0.717, 1.165) is 11.8 Å². The van der Waals surface area contributed by atoms with Crippen LogP contribution in [0.3, 0.4) is 0 Å². The van der Waals surface area contributed by atoms with Crippen LogP contribution in [0.5, 0.6) is 0 Å². The topological polar surface area (TPSA) is 12.0 Å². The van der Waals surface area contributed by atoms with Crippen molar-refractivity contribution in [1.29, 1.82) is 0 Å². The predicted molar refractivity (Wildman–Crippen MR) is 72.6 cm³/mol. The van der Waals surface area contributed by atoms with Crippen LogP contribution in [0.4, 0.5) is 0 Å². The number of hydrogen-bond acceptors (Lipinski definition) is 1. The van der Waals surface area contributed by atoms with Crippen LogP contribution >= 0.6 is 0 Å². The van der Waals surface area contributed by atoms with Gasteiger partial charge in [0.05, 0.1) is 0 Å². The lowest BCUT2D eigenvalue weighted by atomic mass is 9.66.